The van der Waals surface area contributed by atoms with Gasteiger partial charge in [-0.3, -0.25) is 0 Å². The van der Waals surface area contributed by atoms with E-state index in [0.717, 1.165) is 12.8 Å². The summed E-state index contributed by atoms with van der Waals surface area (Å²) in [5, 5.41) is 8.87. The van der Waals surface area contributed by atoms with Gasteiger partial charge in [0, 0.05) is 13.1 Å². The maximum atomic E-state index is 12.5. The number of sulfonamides is 1. The predicted octanol–water partition coefficient (Wildman–Crippen LogP) is 1.57. The minimum Gasteiger partial charge on any atom is -0.330 e. The fourth-order valence-electron chi connectivity index (χ4n) is 2.30. The number of hydrogen-bond donors (Lipinski definition) is 1. The summed E-state index contributed by atoms with van der Waals surface area (Å²) in [6.45, 7) is 1.51. The van der Waals surface area contributed by atoms with Crippen molar-refractivity contribution in [1.82, 2.24) is 4.31 Å². The van der Waals surface area contributed by atoms with Crippen LogP contribution in [-0.4, -0.2) is 32.4 Å². The summed E-state index contributed by atoms with van der Waals surface area (Å²) in [5.74, 6) is 0.387. The molecule has 0 unspecified atom stereocenters. The van der Waals surface area contributed by atoms with Crippen LogP contribution in [0, 0.1) is 17.2 Å². The molecule has 108 valence electrons. The zero-order valence-electron chi connectivity index (χ0n) is 10.9. The van der Waals surface area contributed by atoms with Gasteiger partial charge in [0.15, 0.2) is 0 Å². The summed E-state index contributed by atoms with van der Waals surface area (Å²) in [7, 11) is -3.60. The lowest BCUT2D eigenvalue weighted by Crippen LogP contribution is -2.40. The van der Waals surface area contributed by atoms with Crippen LogP contribution < -0.4 is 5.73 Å². The zero-order valence-corrected chi connectivity index (χ0v) is 12.5. The Kier molecular flexibility index (Phi) is 4.66. The van der Waals surface area contributed by atoms with Crippen molar-refractivity contribution < 1.29 is 8.42 Å². The van der Waals surface area contributed by atoms with Gasteiger partial charge in [-0.1, -0.05) is 11.6 Å². The quantitative estimate of drug-likeness (QED) is 0.917. The van der Waals surface area contributed by atoms with E-state index in [0.29, 0.717) is 31.1 Å². The van der Waals surface area contributed by atoms with Crippen LogP contribution in [0.15, 0.2) is 23.1 Å². The van der Waals surface area contributed by atoms with E-state index in [2.05, 4.69) is 0 Å². The van der Waals surface area contributed by atoms with Crippen LogP contribution in [0.5, 0.6) is 0 Å². The normalized spacial score (nSPS) is 17.9. The van der Waals surface area contributed by atoms with E-state index in [1.165, 1.54) is 22.5 Å². The van der Waals surface area contributed by atoms with Crippen LogP contribution in [0.2, 0.25) is 5.02 Å². The third kappa shape index (κ3) is 2.96. The van der Waals surface area contributed by atoms with Crippen LogP contribution in [0.4, 0.5) is 0 Å². The zero-order chi connectivity index (χ0) is 14.8. The van der Waals surface area contributed by atoms with E-state index in [-0.39, 0.29) is 9.92 Å². The molecule has 0 aliphatic carbocycles. The summed E-state index contributed by atoms with van der Waals surface area (Å²) in [6.07, 6.45) is 1.53. The first-order valence-electron chi connectivity index (χ1n) is 6.39. The summed E-state index contributed by atoms with van der Waals surface area (Å²) in [5.41, 5.74) is 5.95. The molecule has 0 saturated carbocycles. The molecule has 0 radical (unpaired) electrons. The van der Waals surface area contributed by atoms with Gasteiger partial charge < -0.3 is 5.73 Å². The molecule has 1 aliphatic heterocycles. The Morgan fingerprint density at radius 3 is 2.55 bits per heavy atom. The predicted molar refractivity (Wildman–Crippen MR) is 76.7 cm³/mol. The minimum atomic E-state index is -3.60. The van der Waals surface area contributed by atoms with Gasteiger partial charge in [0.2, 0.25) is 10.0 Å². The lowest BCUT2D eigenvalue weighted by Gasteiger charge is -2.30. The topological polar surface area (TPSA) is 87.2 Å². The Balaban J connectivity index is 2.25. The number of halogens is 1. The molecule has 1 aromatic carbocycles. The Morgan fingerprint density at radius 1 is 1.40 bits per heavy atom. The van der Waals surface area contributed by atoms with Gasteiger partial charge in [0.25, 0.3) is 0 Å². The number of rotatable bonds is 3. The van der Waals surface area contributed by atoms with Crippen LogP contribution in [-0.2, 0) is 10.0 Å². The van der Waals surface area contributed by atoms with Gasteiger partial charge in [-0.05, 0) is 43.5 Å². The molecule has 1 aromatic rings. The van der Waals surface area contributed by atoms with E-state index in [9.17, 15) is 8.42 Å². The second kappa shape index (κ2) is 6.10. The summed E-state index contributed by atoms with van der Waals surface area (Å²) < 4.78 is 26.5. The Labute approximate surface area is 124 Å². The molecule has 1 fully saturated rings. The first-order valence-corrected chi connectivity index (χ1v) is 8.20. The number of nitrogens with zero attached hydrogens (tertiary/aromatic N) is 2. The van der Waals surface area contributed by atoms with Gasteiger partial charge in [0.05, 0.1) is 16.7 Å². The maximum Gasteiger partial charge on any atom is 0.244 e. The molecule has 0 amide bonds. The summed E-state index contributed by atoms with van der Waals surface area (Å²) >= 11 is 5.99. The highest BCUT2D eigenvalue weighted by atomic mass is 35.5. The molecule has 1 heterocycles. The number of piperidine rings is 1. The molecule has 5 nitrogen and oxygen atoms in total. The number of nitriles is 1. The molecular formula is C13H16ClN3O2S. The van der Waals surface area contributed by atoms with Crippen molar-refractivity contribution >= 4 is 21.6 Å². The smallest absolute Gasteiger partial charge is 0.244 e. The highest BCUT2D eigenvalue weighted by molar-refractivity contribution is 7.89. The van der Waals surface area contributed by atoms with E-state index in [4.69, 9.17) is 22.6 Å². The summed E-state index contributed by atoms with van der Waals surface area (Å²) in [4.78, 5) is 0.0596. The third-order valence-electron chi connectivity index (χ3n) is 3.59. The fraction of sp³-hybridized carbons (Fsp3) is 0.462. The Morgan fingerprint density at radius 2 is 2.05 bits per heavy atom. The van der Waals surface area contributed by atoms with Gasteiger partial charge in [-0.15, -0.1) is 0 Å². The molecule has 2 rings (SSSR count). The lowest BCUT2D eigenvalue weighted by molar-refractivity contribution is 0.278. The van der Waals surface area contributed by atoms with E-state index in [1.54, 1.807) is 0 Å². The second-order valence-corrected chi connectivity index (χ2v) is 7.15. The number of benzene rings is 1. The van der Waals surface area contributed by atoms with Crippen LogP contribution >= 0.6 is 11.6 Å². The van der Waals surface area contributed by atoms with Crippen molar-refractivity contribution in [2.75, 3.05) is 19.6 Å². The first kappa shape index (κ1) is 15.3. The van der Waals surface area contributed by atoms with Crippen LogP contribution in [0.25, 0.3) is 0 Å². The van der Waals surface area contributed by atoms with E-state index in [1.807, 2.05) is 6.07 Å². The molecule has 20 heavy (non-hydrogen) atoms. The monoisotopic (exact) mass is 313 g/mol. The van der Waals surface area contributed by atoms with Crippen molar-refractivity contribution in [3.8, 4) is 6.07 Å². The second-order valence-electron chi connectivity index (χ2n) is 4.84. The molecular weight excluding hydrogens is 298 g/mol. The minimum absolute atomic E-state index is 0.0596. The van der Waals surface area contributed by atoms with Gasteiger partial charge in [-0.25, -0.2) is 8.42 Å². The van der Waals surface area contributed by atoms with E-state index < -0.39 is 10.0 Å². The molecule has 1 aliphatic rings. The number of nitrogens with two attached hydrogens (primary N) is 1. The average Bonchev–Trinajstić information content (AvgIpc) is 2.46. The molecule has 0 atom stereocenters. The van der Waals surface area contributed by atoms with Crippen molar-refractivity contribution in [2.24, 2.45) is 11.7 Å². The fourth-order valence-corrected chi connectivity index (χ4v) is 4.29. The van der Waals surface area contributed by atoms with Crippen molar-refractivity contribution in [1.29, 1.82) is 5.26 Å². The van der Waals surface area contributed by atoms with Gasteiger partial charge in [0.1, 0.15) is 4.90 Å². The van der Waals surface area contributed by atoms with Crippen LogP contribution in [0.3, 0.4) is 0 Å². The van der Waals surface area contributed by atoms with Crippen LogP contribution in [0.1, 0.15) is 18.4 Å². The van der Waals surface area contributed by atoms with Gasteiger partial charge >= 0.3 is 0 Å². The Bertz CT molecular complexity index is 632. The van der Waals surface area contributed by atoms with Gasteiger partial charge in [-0.2, -0.15) is 9.57 Å². The highest BCUT2D eigenvalue weighted by Crippen LogP contribution is 2.28. The molecule has 0 spiro atoms. The number of hydrogen-bond acceptors (Lipinski definition) is 4. The summed E-state index contributed by atoms with van der Waals surface area (Å²) in [6, 6.07) is 6.17. The van der Waals surface area contributed by atoms with Crippen molar-refractivity contribution in [2.45, 2.75) is 17.7 Å². The average molecular weight is 314 g/mol. The maximum absolute atomic E-state index is 12.5. The molecule has 7 heteroatoms. The van der Waals surface area contributed by atoms with Crippen molar-refractivity contribution in [3.05, 3.63) is 28.8 Å². The largest absolute Gasteiger partial charge is 0.330 e. The molecule has 2 N–H and O–H groups in total. The van der Waals surface area contributed by atoms with Crippen molar-refractivity contribution in [3.63, 3.8) is 0 Å². The Hall–Kier alpha value is -1.13. The first-order chi connectivity index (χ1) is 9.48. The standard InChI is InChI=1S/C13H16ClN3O2S/c14-12-7-11(9-16)1-2-13(12)20(18,19)17-5-3-10(8-15)4-6-17/h1-2,7,10H,3-6,8,15H2. The third-order valence-corrected chi connectivity index (χ3v) is 5.97. The highest BCUT2D eigenvalue weighted by Gasteiger charge is 2.30. The van der Waals surface area contributed by atoms with E-state index >= 15 is 0 Å². The lowest BCUT2D eigenvalue weighted by atomic mass is 9.99. The SMILES string of the molecule is N#Cc1ccc(S(=O)(=O)N2CCC(CN)CC2)c(Cl)c1. The molecule has 1 saturated heterocycles. The molecule has 0 aromatic heterocycles. The molecule has 0 bridgehead atoms.